The maximum atomic E-state index is 12.2. The van der Waals surface area contributed by atoms with Crippen molar-refractivity contribution in [2.45, 2.75) is 26.7 Å². The van der Waals surface area contributed by atoms with E-state index >= 15 is 0 Å². The predicted octanol–water partition coefficient (Wildman–Crippen LogP) is 3.35. The number of hydrogen-bond acceptors (Lipinski definition) is 4. The second-order valence-corrected chi connectivity index (χ2v) is 6.43. The summed E-state index contributed by atoms with van der Waals surface area (Å²) in [5, 5.41) is 14.8. The molecular formula is C17H20N2O3S. The number of thiazole rings is 1. The Balaban J connectivity index is 2.06. The van der Waals surface area contributed by atoms with E-state index in [1.807, 2.05) is 25.3 Å². The van der Waals surface area contributed by atoms with Gasteiger partial charge in [-0.3, -0.25) is 9.59 Å². The van der Waals surface area contributed by atoms with Gasteiger partial charge in [0.15, 0.2) is 0 Å². The summed E-state index contributed by atoms with van der Waals surface area (Å²) in [6.45, 7) is 4.00. The van der Waals surface area contributed by atoms with Gasteiger partial charge >= 0.3 is 5.97 Å². The average molecular weight is 332 g/mol. The number of nitrogens with one attached hydrogen (secondary N) is 1. The number of rotatable bonds is 7. The molecule has 0 aliphatic carbocycles. The number of hydrogen-bond donors (Lipinski definition) is 2. The van der Waals surface area contributed by atoms with Crippen LogP contribution >= 0.6 is 11.3 Å². The maximum Gasteiger partial charge on any atom is 0.308 e. The minimum atomic E-state index is -0.876. The molecular weight excluding hydrogens is 312 g/mol. The largest absolute Gasteiger partial charge is 0.481 e. The quantitative estimate of drug-likeness (QED) is 0.815. The van der Waals surface area contributed by atoms with E-state index in [2.05, 4.69) is 10.3 Å². The van der Waals surface area contributed by atoms with Crippen molar-refractivity contribution >= 4 is 23.2 Å². The minimum absolute atomic E-state index is 0.141. The van der Waals surface area contributed by atoms with Crippen LogP contribution in [0.2, 0.25) is 0 Å². The first-order chi connectivity index (χ1) is 11.0. The van der Waals surface area contributed by atoms with E-state index in [9.17, 15) is 9.59 Å². The summed E-state index contributed by atoms with van der Waals surface area (Å²) >= 11 is 1.56. The fourth-order valence-electron chi connectivity index (χ4n) is 2.30. The lowest BCUT2D eigenvalue weighted by molar-refractivity contribution is -0.141. The van der Waals surface area contributed by atoms with Crippen LogP contribution in [0.5, 0.6) is 0 Å². The average Bonchev–Trinajstić information content (AvgIpc) is 2.97. The summed E-state index contributed by atoms with van der Waals surface area (Å²) < 4.78 is 0. The maximum absolute atomic E-state index is 12.2. The summed E-state index contributed by atoms with van der Waals surface area (Å²) in [7, 11) is 0. The molecule has 1 aromatic carbocycles. The van der Waals surface area contributed by atoms with Gasteiger partial charge in [0.1, 0.15) is 0 Å². The number of carbonyl (C=O) groups excluding carboxylic acids is 1. The second-order valence-electron chi connectivity index (χ2n) is 5.37. The molecule has 0 saturated heterocycles. The fourth-order valence-corrected chi connectivity index (χ4v) is 2.92. The molecule has 6 heteroatoms. The molecule has 5 nitrogen and oxygen atoms in total. The number of aryl methyl sites for hydroxylation is 1. The van der Waals surface area contributed by atoms with Gasteiger partial charge in [0.25, 0.3) is 5.91 Å². The zero-order chi connectivity index (χ0) is 16.8. The summed E-state index contributed by atoms with van der Waals surface area (Å²) in [4.78, 5) is 27.8. The monoisotopic (exact) mass is 332 g/mol. The number of benzene rings is 1. The third-order valence-electron chi connectivity index (χ3n) is 3.53. The highest BCUT2D eigenvalue weighted by Crippen LogP contribution is 2.22. The Morgan fingerprint density at radius 2 is 2.17 bits per heavy atom. The van der Waals surface area contributed by atoms with Crippen molar-refractivity contribution in [2.24, 2.45) is 5.92 Å². The van der Waals surface area contributed by atoms with E-state index in [-0.39, 0.29) is 12.5 Å². The van der Waals surface area contributed by atoms with E-state index in [0.717, 1.165) is 22.7 Å². The Bertz CT molecular complexity index is 697. The van der Waals surface area contributed by atoms with Crippen LogP contribution in [-0.2, 0) is 4.79 Å². The van der Waals surface area contributed by atoms with Crippen LogP contribution in [-0.4, -0.2) is 28.5 Å². The third kappa shape index (κ3) is 4.63. The molecule has 1 aromatic heterocycles. The molecule has 1 amide bonds. The van der Waals surface area contributed by atoms with Crippen molar-refractivity contribution in [1.82, 2.24) is 10.3 Å². The second kappa shape index (κ2) is 7.87. The topological polar surface area (TPSA) is 79.3 Å². The molecule has 122 valence electrons. The molecule has 2 aromatic rings. The first-order valence-corrected chi connectivity index (χ1v) is 8.42. The molecule has 0 fully saturated rings. The van der Waals surface area contributed by atoms with E-state index in [1.165, 1.54) is 0 Å². The smallest absolute Gasteiger partial charge is 0.308 e. The van der Waals surface area contributed by atoms with Crippen molar-refractivity contribution in [1.29, 1.82) is 0 Å². The first kappa shape index (κ1) is 17.1. The van der Waals surface area contributed by atoms with Crippen molar-refractivity contribution < 1.29 is 14.7 Å². The van der Waals surface area contributed by atoms with Crippen molar-refractivity contribution in [2.75, 3.05) is 6.54 Å². The van der Waals surface area contributed by atoms with Gasteiger partial charge in [0.2, 0.25) is 0 Å². The number of aromatic nitrogens is 1. The van der Waals surface area contributed by atoms with Crippen molar-refractivity contribution in [3.05, 3.63) is 40.2 Å². The molecule has 0 saturated carbocycles. The van der Waals surface area contributed by atoms with Crippen LogP contribution in [0.15, 0.2) is 29.6 Å². The molecule has 0 aliphatic rings. The predicted molar refractivity (Wildman–Crippen MR) is 90.7 cm³/mol. The van der Waals surface area contributed by atoms with Crippen LogP contribution in [0.4, 0.5) is 0 Å². The lowest BCUT2D eigenvalue weighted by Gasteiger charge is -2.12. The highest BCUT2D eigenvalue weighted by molar-refractivity contribution is 7.09. The van der Waals surface area contributed by atoms with Crippen LogP contribution in [0.25, 0.3) is 11.3 Å². The van der Waals surface area contributed by atoms with Crippen molar-refractivity contribution in [3.63, 3.8) is 0 Å². The molecule has 0 bridgehead atoms. The zero-order valence-corrected chi connectivity index (χ0v) is 14.0. The number of carbonyl (C=O) groups is 2. The molecule has 1 unspecified atom stereocenters. The van der Waals surface area contributed by atoms with Gasteiger partial charge in [0, 0.05) is 23.1 Å². The van der Waals surface area contributed by atoms with Gasteiger partial charge in [-0.15, -0.1) is 11.3 Å². The number of amides is 1. The van der Waals surface area contributed by atoms with Crippen LogP contribution in [0.1, 0.15) is 35.1 Å². The van der Waals surface area contributed by atoms with Crippen molar-refractivity contribution in [3.8, 4) is 11.3 Å². The summed E-state index contributed by atoms with van der Waals surface area (Å²) in [6, 6.07) is 7.20. The summed E-state index contributed by atoms with van der Waals surface area (Å²) in [5.74, 6) is -1.69. The SMILES string of the molecule is CCCC(CNC(=O)c1cccc(-c2csc(C)n2)c1)C(=O)O. The third-order valence-corrected chi connectivity index (χ3v) is 4.31. The van der Waals surface area contributed by atoms with Crippen LogP contribution < -0.4 is 5.32 Å². The van der Waals surface area contributed by atoms with E-state index in [1.54, 1.807) is 29.5 Å². The lowest BCUT2D eigenvalue weighted by Crippen LogP contribution is -2.32. The molecule has 0 spiro atoms. The first-order valence-electron chi connectivity index (χ1n) is 7.54. The normalized spacial score (nSPS) is 11.9. The van der Waals surface area contributed by atoms with Gasteiger partial charge in [0.05, 0.1) is 16.6 Å². The molecule has 1 atom stereocenters. The van der Waals surface area contributed by atoms with Gasteiger partial charge in [-0.1, -0.05) is 25.5 Å². The van der Waals surface area contributed by atoms with Gasteiger partial charge in [-0.25, -0.2) is 4.98 Å². The molecule has 23 heavy (non-hydrogen) atoms. The Morgan fingerprint density at radius 3 is 2.78 bits per heavy atom. The summed E-state index contributed by atoms with van der Waals surface area (Å²) in [5.41, 5.74) is 2.23. The minimum Gasteiger partial charge on any atom is -0.481 e. The summed E-state index contributed by atoms with van der Waals surface area (Å²) in [6.07, 6.45) is 1.32. The molecule has 0 radical (unpaired) electrons. The molecule has 2 rings (SSSR count). The molecule has 2 N–H and O–H groups in total. The van der Waals surface area contributed by atoms with Gasteiger partial charge in [-0.2, -0.15) is 0 Å². The van der Waals surface area contributed by atoms with E-state index < -0.39 is 11.9 Å². The highest BCUT2D eigenvalue weighted by atomic mass is 32.1. The molecule has 0 aliphatic heterocycles. The van der Waals surface area contributed by atoms with Crippen LogP contribution in [0, 0.1) is 12.8 Å². The number of carboxylic acid groups (broad SMARTS) is 1. The van der Waals surface area contributed by atoms with E-state index in [0.29, 0.717) is 12.0 Å². The Hall–Kier alpha value is -2.21. The van der Waals surface area contributed by atoms with E-state index in [4.69, 9.17) is 5.11 Å². The van der Waals surface area contributed by atoms with Gasteiger partial charge < -0.3 is 10.4 Å². The van der Waals surface area contributed by atoms with Gasteiger partial charge in [-0.05, 0) is 25.5 Å². The molecule has 1 heterocycles. The Morgan fingerprint density at radius 1 is 1.39 bits per heavy atom. The zero-order valence-electron chi connectivity index (χ0n) is 13.2. The Labute approximate surface area is 139 Å². The Kier molecular flexibility index (Phi) is 5.87. The number of nitrogens with zero attached hydrogens (tertiary/aromatic N) is 1. The van der Waals surface area contributed by atoms with Crippen LogP contribution in [0.3, 0.4) is 0 Å². The lowest BCUT2D eigenvalue weighted by atomic mass is 10.0. The number of aliphatic carboxylic acids is 1. The number of carboxylic acids is 1. The highest BCUT2D eigenvalue weighted by Gasteiger charge is 2.18. The fraction of sp³-hybridized carbons (Fsp3) is 0.353. The standard InChI is InChI=1S/C17H20N2O3S/c1-3-5-14(17(21)22)9-18-16(20)13-7-4-6-12(8-13)15-10-23-11(2)19-15/h4,6-8,10,14H,3,5,9H2,1-2H3,(H,18,20)(H,21,22).